The molecule has 0 aromatic heterocycles. The summed E-state index contributed by atoms with van der Waals surface area (Å²) in [5.41, 5.74) is 2.53. The molecule has 64 valence electrons. The van der Waals surface area contributed by atoms with Gasteiger partial charge in [-0.3, -0.25) is 0 Å². The summed E-state index contributed by atoms with van der Waals surface area (Å²) in [6.07, 6.45) is 1.54. The van der Waals surface area contributed by atoms with E-state index < -0.39 is 0 Å². The van der Waals surface area contributed by atoms with E-state index >= 15 is 0 Å². The molecular weight excluding hydrogens is 168 g/mol. The molecule has 1 aromatic rings. The summed E-state index contributed by atoms with van der Waals surface area (Å²) in [7, 11) is 0. The van der Waals surface area contributed by atoms with E-state index in [0.29, 0.717) is 0 Å². The SMILES string of the molecule is OC1CCc2ccccc2C1S. The number of fused-ring (bicyclic) bond motifs is 1. The molecule has 12 heavy (non-hydrogen) atoms. The third-order valence-corrected chi connectivity index (χ3v) is 3.07. The standard InChI is InChI=1S/C10H12OS/c11-9-6-5-7-3-1-2-4-8(7)10(9)12/h1-4,9-12H,5-6H2. The second kappa shape index (κ2) is 3.11. The van der Waals surface area contributed by atoms with E-state index in [-0.39, 0.29) is 11.4 Å². The Kier molecular flexibility index (Phi) is 2.11. The summed E-state index contributed by atoms with van der Waals surface area (Å²) in [6.45, 7) is 0. The Labute approximate surface area is 77.8 Å². The predicted molar refractivity (Wildman–Crippen MR) is 52.5 cm³/mol. The molecule has 1 N–H and O–H groups in total. The molecule has 0 heterocycles. The minimum absolute atomic E-state index is 0.00921. The number of aryl methyl sites for hydroxylation is 1. The van der Waals surface area contributed by atoms with Gasteiger partial charge in [0.2, 0.25) is 0 Å². The molecule has 1 aromatic carbocycles. The molecule has 0 spiro atoms. The van der Waals surface area contributed by atoms with Crippen molar-refractivity contribution in [3.05, 3.63) is 35.4 Å². The first-order chi connectivity index (χ1) is 5.79. The van der Waals surface area contributed by atoms with Crippen LogP contribution in [0.3, 0.4) is 0 Å². The van der Waals surface area contributed by atoms with E-state index in [1.54, 1.807) is 0 Å². The Morgan fingerprint density at radius 2 is 2.08 bits per heavy atom. The van der Waals surface area contributed by atoms with E-state index in [1.807, 2.05) is 12.1 Å². The molecule has 2 heteroatoms. The Bertz CT molecular complexity index is 285. The van der Waals surface area contributed by atoms with Crippen LogP contribution in [0.25, 0.3) is 0 Å². The monoisotopic (exact) mass is 180 g/mol. The molecule has 1 aliphatic carbocycles. The maximum atomic E-state index is 9.55. The lowest BCUT2D eigenvalue weighted by Crippen LogP contribution is -2.21. The summed E-state index contributed by atoms with van der Waals surface area (Å²) < 4.78 is 0. The molecule has 2 rings (SSSR count). The van der Waals surface area contributed by atoms with Crippen LogP contribution in [-0.2, 0) is 6.42 Å². The van der Waals surface area contributed by atoms with Gasteiger partial charge >= 0.3 is 0 Å². The fourth-order valence-corrected chi connectivity index (χ4v) is 2.12. The van der Waals surface area contributed by atoms with Crippen LogP contribution in [0.2, 0.25) is 0 Å². The predicted octanol–water partition coefficient (Wildman–Crippen LogP) is 1.96. The molecule has 2 unspecified atom stereocenters. The molecule has 0 saturated carbocycles. The van der Waals surface area contributed by atoms with Crippen LogP contribution in [-0.4, -0.2) is 11.2 Å². The van der Waals surface area contributed by atoms with Crippen molar-refractivity contribution in [1.29, 1.82) is 0 Å². The van der Waals surface area contributed by atoms with Crippen molar-refractivity contribution in [3.63, 3.8) is 0 Å². The van der Waals surface area contributed by atoms with Gasteiger partial charge in [0.15, 0.2) is 0 Å². The van der Waals surface area contributed by atoms with Gasteiger partial charge in [0, 0.05) is 0 Å². The van der Waals surface area contributed by atoms with Crippen molar-refractivity contribution in [1.82, 2.24) is 0 Å². The second-order valence-corrected chi connectivity index (χ2v) is 3.81. The lowest BCUT2D eigenvalue weighted by atomic mass is 9.89. The summed E-state index contributed by atoms with van der Waals surface area (Å²) in [5, 5.41) is 9.56. The number of hydrogen-bond donors (Lipinski definition) is 2. The van der Waals surface area contributed by atoms with E-state index in [2.05, 4.69) is 24.8 Å². The number of benzene rings is 1. The maximum absolute atomic E-state index is 9.55. The third-order valence-electron chi connectivity index (χ3n) is 2.45. The van der Waals surface area contributed by atoms with Crippen LogP contribution in [0.4, 0.5) is 0 Å². The van der Waals surface area contributed by atoms with Crippen molar-refractivity contribution in [3.8, 4) is 0 Å². The molecule has 0 bridgehead atoms. The highest BCUT2D eigenvalue weighted by atomic mass is 32.1. The zero-order valence-corrected chi connectivity index (χ0v) is 7.67. The molecule has 1 aliphatic rings. The largest absolute Gasteiger partial charge is 0.392 e. The lowest BCUT2D eigenvalue weighted by molar-refractivity contribution is 0.156. The molecule has 0 radical (unpaired) electrons. The van der Waals surface area contributed by atoms with E-state index in [0.717, 1.165) is 12.8 Å². The van der Waals surface area contributed by atoms with Gasteiger partial charge in [0.25, 0.3) is 0 Å². The summed E-state index contributed by atoms with van der Waals surface area (Å²) in [6, 6.07) is 8.21. The highest BCUT2D eigenvalue weighted by Gasteiger charge is 2.24. The Morgan fingerprint density at radius 3 is 2.92 bits per heavy atom. The van der Waals surface area contributed by atoms with Crippen LogP contribution in [0.1, 0.15) is 22.8 Å². The zero-order chi connectivity index (χ0) is 8.55. The van der Waals surface area contributed by atoms with Crippen molar-refractivity contribution in [2.24, 2.45) is 0 Å². The third kappa shape index (κ3) is 1.25. The summed E-state index contributed by atoms with van der Waals surface area (Å²) >= 11 is 4.39. The highest BCUT2D eigenvalue weighted by Crippen LogP contribution is 2.33. The first-order valence-corrected chi connectivity index (χ1v) is 4.74. The fraction of sp³-hybridized carbons (Fsp3) is 0.400. The topological polar surface area (TPSA) is 20.2 Å². The number of thiol groups is 1. The van der Waals surface area contributed by atoms with Crippen molar-refractivity contribution in [2.75, 3.05) is 0 Å². The normalized spacial score (nSPS) is 28.2. The van der Waals surface area contributed by atoms with Crippen LogP contribution < -0.4 is 0 Å². The number of aliphatic hydroxyl groups excluding tert-OH is 1. The molecule has 0 amide bonds. The van der Waals surface area contributed by atoms with Crippen LogP contribution in [0.5, 0.6) is 0 Å². The average Bonchev–Trinajstić information content (AvgIpc) is 2.12. The molecule has 1 nitrogen and oxygen atoms in total. The number of rotatable bonds is 0. The number of aliphatic hydroxyl groups is 1. The molecule has 0 fully saturated rings. The van der Waals surface area contributed by atoms with E-state index in [9.17, 15) is 5.11 Å². The fourth-order valence-electron chi connectivity index (χ4n) is 1.72. The van der Waals surface area contributed by atoms with Gasteiger partial charge < -0.3 is 5.11 Å². The highest BCUT2D eigenvalue weighted by molar-refractivity contribution is 7.80. The maximum Gasteiger partial charge on any atom is 0.0700 e. The van der Waals surface area contributed by atoms with Crippen LogP contribution in [0, 0.1) is 0 Å². The van der Waals surface area contributed by atoms with Gasteiger partial charge in [-0.2, -0.15) is 12.6 Å². The Morgan fingerprint density at radius 1 is 1.33 bits per heavy atom. The van der Waals surface area contributed by atoms with Gasteiger partial charge in [0.05, 0.1) is 11.4 Å². The van der Waals surface area contributed by atoms with Crippen molar-refractivity contribution >= 4 is 12.6 Å². The van der Waals surface area contributed by atoms with Crippen LogP contribution >= 0.6 is 12.6 Å². The van der Waals surface area contributed by atoms with Gasteiger partial charge in [0.1, 0.15) is 0 Å². The quantitative estimate of drug-likeness (QED) is 0.585. The molecular formula is C10H12OS. The minimum atomic E-state index is -0.275. The van der Waals surface area contributed by atoms with Crippen LogP contribution in [0.15, 0.2) is 24.3 Å². The summed E-state index contributed by atoms with van der Waals surface area (Å²) in [4.78, 5) is 0. The Balaban J connectivity index is 2.42. The minimum Gasteiger partial charge on any atom is -0.392 e. The average molecular weight is 180 g/mol. The summed E-state index contributed by atoms with van der Waals surface area (Å²) in [5.74, 6) is 0. The van der Waals surface area contributed by atoms with Crippen molar-refractivity contribution in [2.45, 2.75) is 24.2 Å². The van der Waals surface area contributed by atoms with Gasteiger partial charge in [-0.15, -0.1) is 0 Å². The molecule has 2 atom stereocenters. The zero-order valence-electron chi connectivity index (χ0n) is 6.77. The van der Waals surface area contributed by atoms with Gasteiger partial charge in [-0.25, -0.2) is 0 Å². The van der Waals surface area contributed by atoms with Crippen molar-refractivity contribution < 1.29 is 5.11 Å². The Hall–Kier alpha value is -0.470. The first kappa shape index (κ1) is 8.14. The van der Waals surface area contributed by atoms with Gasteiger partial charge in [-0.05, 0) is 24.0 Å². The molecule has 0 saturated heterocycles. The second-order valence-electron chi connectivity index (χ2n) is 3.25. The lowest BCUT2D eigenvalue weighted by Gasteiger charge is -2.26. The smallest absolute Gasteiger partial charge is 0.0700 e. The number of hydrogen-bond acceptors (Lipinski definition) is 2. The molecule has 0 aliphatic heterocycles. The van der Waals surface area contributed by atoms with E-state index in [1.165, 1.54) is 11.1 Å². The van der Waals surface area contributed by atoms with Gasteiger partial charge in [-0.1, -0.05) is 24.3 Å². The first-order valence-electron chi connectivity index (χ1n) is 4.23. The van der Waals surface area contributed by atoms with E-state index in [4.69, 9.17) is 0 Å².